The van der Waals surface area contributed by atoms with Crippen molar-refractivity contribution in [3.05, 3.63) is 23.8 Å². The van der Waals surface area contributed by atoms with Crippen molar-refractivity contribution >= 4 is 6.03 Å². The van der Waals surface area contributed by atoms with E-state index in [1.54, 1.807) is 0 Å². The number of urea groups is 1. The first-order chi connectivity index (χ1) is 13.0. The van der Waals surface area contributed by atoms with Gasteiger partial charge in [0.15, 0.2) is 0 Å². The highest BCUT2D eigenvalue weighted by atomic mass is 16.2. The molecule has 27 heavy (non-hydrogen) atoms. The molecule has 150 valence electrons. The predicted molar refractivity (Wildman–Crippen MR) is 112 cm³/mol. The van der Waals surface area contributed by atoms with Crippen molar-refractivity contribution in [2.24, 2.45) is 23.7 Å². The third-order valence-electron chi connectivity index (χ3n) is 7.79. The van der Waals surface area contributed by atoms with Gasteiger partial charge in [-0.1, -0.05) is 30.7 Å². The lowest BCUT2D eigenvalue weighted by molar-refractivity contribution is -0.0155. The zero-order valence-electron chi connectivity index (χ0n) is 17.4. The summed E-state index contributed by atoms with van der Waals surface area (Å²) in [6.07, 6.45) is 14.8. The van der Waals surface area contributed by atoms with Crippen LogP contribution in [-0.2, 0) is 0 Å². The van der Waals surface area contributed by atoms with Gasteiger partial charge in [-0.2, -0.15) is 0 Å². The normalized spacial score (nSPS) is 37.0. The van der Waals surface area contributed by atoms with E-state index in [1.165, 1.54) is 56.1 Å². The maximum atomic E-state index is 13.2. The monoisotopic (exact) mass is 370 g/mol. The molecule has 5 rings (SSSR count). The Bertz CT molecular complexity index is 585. The van der Waals surface area contributed by atoms with Crippen molar-refractivity contribution in [3.63, 3.8) is 0 Å². The summed E-state index contributed by atoms with van der Waals surface area (Å²) in [5, 5.41) is 3.57. The minimum Gasteiger partial charge on any atom is -0.333 e. The van der Waals surface area contributed by atoms with E-state index in [2.05, 4.69) is 36.7 Å². The van der Waals surface area contributed by atoms with E-state index >= 15 is 0 Å². The molecule has 5 aliphatic rings. The smallest absolute Gasteiger partial charge is 0.318 e. The van der Waals surface area contributed by atoms with Gasteiger partial charge in [-0.05, 0) is 94.8 Å². The van der Waals surface area contributed by atoms with E-state index in [4.69, 9.17) is 0 Å². The summed E-state index contributed by atoms with van der Waals surface area (Å²) in [5.41, 5.74) is 2.86. The Labute approximate surface area is 165 Å². The van der Waals surface area contributed by atoms with Gasteiger partial charge in [-0.3, -0.25) is 0 Å². The molecule has 0 aromatic rings. The second kappa shape index (κ2) is 7.64. The number of carbonyl (C=O) groups excluding carboxylic acids is 1. The fourth-order valence-corrected chi connectivity index (χ4v) is 6.82. The molecule has 4 saturated carbocycles. The van der Waals surface area contributed by atoms with Crippen LogP contribution in [0.5, 0.6) is 0 Å². The van der Waals surface area contributed by atoms with Crippen LogP contribution in [0.25, 0.3) is 0 Å². The third kappa shape index (κ3) is 4.12. The number of rotatable bonds is 6. The summed E-state index contributed by atoms with van der Waals surface area (Å²) in [6, 6.07) is 0.196. The topological polar surface area (TPSA) is 32.3 Å². The van der Waals surface area contributed by atoms with Crippen LogP contribution in [0.4, 0.5) is 4.79 Å². The lowest BCUT2D eigenvalue weighted by Crippen LogP contribution is -2.62. The van der Waals surface area contributed by atoms with Gasteiger partial charge < -0.3 is 10.2 Å². The number of hydrogen-bond acceptors (Lipinski definition) is 1. The number of carbonyl (C=O) groups is 1. The van der Waals surface area contributed by atoms with Crippen molar-refractivity contribution in [2.45, 2.75) is 83.6 Å². The van der Waals surface area contributed by atoms with Crippen molar-refractivity contribution < 1.29 is 4.79 Å². The lowest BCUT2D eigenvalue weighted by Gasteiger charge is -2.57. The zero-order valence-corrected chi connectivity index (χ0v) is 17.4. The van der Waals surface area contributed by atoms with E-state index in [9.17, 15) is 4.79 Å². The van der Waals surface area contributed by atoms with Gasteiger partial charge in [0.05, 0.1) is 0 Å². The molecule has 0 spiro atoms. The standard InChI is InChI=1S/C24H38N2O/c1-4-9-26(16-18-5-7-22(8-6-18)17(2)3)23(27)25-24-13-19-10-20(14-24)12-21(11-19)15-24/h5,19-22H,2,4,6-16H2,1,3H3,(H,25,27). The molecular weight excluding hydrogens is 332 g/mol. The number of allylic oxidation sites excluding steroid dienone is 2. The first-order valence-electron chi connectivity index (χ1n) is 11.4. The van der Waals surface area contributed by atoms with Gasteiger partial charge in [-0.25, -0.2) is 4.79 Å². The summed E-state index contributed by atoms with van der Waals surface area (Å²) in [5.74, 6) is 3.25. The second-order valence-corrected chi connectivity index (χ2v) is 10.2. The molecule has 1 N–H and O–H groups in total. The first-order valence-corrected chi connectivity index (χ1v) is 11.4. The maximum Gasteiger partial charge on any atom is 0.318 e. The minimum absolute atomic E-state index is 0.115. The Kier molecular flexibility index (Phi) is 5.40. The predicted octanol–water partition coefficient (Wildman–Crippen LogP) is 5.68. The summed E-state index contributed by atoms with van der Waals surface area (Å²) in [6.45, 7) is 10.1. The molecule has 2 amide bonds. The molecule has 0 saturated heterocycles. The number of hydrogen-bond donors (Lipinski definition) is 1. The van der Waals surface area contributed by atoms with E-state index in [0.29, 0.717) is 5.92 Å². The minimum atomic E-state index is 0.115. The van der Waals surface area contributed by atoms with Crippen molar-refractivity contribution in [3.8, 4) is 0 Å². The van der Waals surface area contributed by atoms with Crippen molar-refractivity contribution in [2.75, 3.05) is 13.1 Å². The quantitative estimate of drug-likeness (QED) is 0.599. The molecule has 4 bridgehead atoms. The SMILES string of the molecule is C=C(C)C1CC=C(CN(CCC)C(=O)NC23CC4CC(CC(C4)C2)C3)CC1. The summed E-state index contributed by atoms with van der Waals surface area (Å²) < 4.78 is 0. The molecule has 0 aromatic heterocycles. The van der Waals surface area contributed by atoms with Gasteiger partial charge in [0.25, 0.3) is 0 Å². The largest absolute Gasteiger partial charge is 0.333 e. The van der Waals surface area contributed by atoms with Crippen LogP contribution >= 0.6 is 0 Å². The van der Waals surface area contributed by atoms with Crippen LogP contribution in [0, 0.1) is 23.7 Å². The molecular formula is C24H38N2O. The highest BCUT2D eigenvalue weighted by molar-refractivity contribution is 5.75. The van der Waals surface area contributed by atoms with Crippen LogP contribution in [-0.4, -0.2) is 29.6 Å². The fraction of sp³-hybridized carbons (Fsp3) is 0.792. The van der Waals surface area contributed by atoms with Gasteiger partial charge in [-0.15, -0.1) is 0 Å². The Hall–Kier alpha value is -1.25. The van der Waals surface area contributed by atoms with E-state index in [-0.39, 0.29) is 11.6 Å². The second-order valence-electron chi connectivity index (χ2n) is 10.2. The van der Waals surface area contributed by atoms with Crippen LogP contribution < -0.4 is 5.32 Å². The van der Waals surface area contributed by atoms with E-state index in [1.807, 2.05) is 0 Å². The number of nitrogens with zero attached hydrogens (tertiary/aromatic N) is 1. The van der Waals surface area contributed by atoms with Gasteiger partial charge >= 0.3 is 6.03 Å². The fourth-order valence-electron chi connectivity index (χ4n) is 6.82. The van der Waals surface area contributed by atoms with E-state index < -0.39 is 0 Å². The van der Waals surface area contributed by atoms with Gasteiger partial charge in [0.1, 0.15) is 0 Å². The van der Waals surface area contributed by atoms with Crippen molar-refractivity contribution in [1.29, 1.82) is 0 Å². The molecule has 0 aliphatic heterocycles. The van der Waals surface area contributed by atoms with Crippen LogP contribution in [0.15, 0.2) is 23.8 Å². The summed E-state index contributed by atoms with van der Waals surface area (Å²) in [4.78, 5) is 15.3. The zero-order chi connectivity index (χ0) is 19.0. The first kappa shape index (κ1) is 19.1. The number of amides is 2. The van der Waals surface area contributed by atoms with Crippen LogP contribution in [0.3, 0.4) is 0 Å². The third-order valence-corrected chi connectivity index (χ3v) is 7.79. The van der Waals surface area contributed by atoms with E-state index in [0.717, 1.165) is 50.1 Å². The molecule has 0 heterocycles. The molecule has 1 atom stereocenters. The molecule has 3 heteroatoms. The summed E-state index contributed by atoms with van der Waals surface area (Å²) in [7, 11) is 0. The lowest BCUT2D eigenvalue weighted by atomic mass is 9.53. The average molecular weight is 371 g/mol. The molecule has 3 nitrogen and oxygen atoms in total. The summed E-state index contributed by atoms with van der Waals surface area (Å²) >= 11 is 0. The molecule has 1 unspecified atom stereocenters. The number of nitrogens with one attached hydrogen (secondary N) is 1. The Morgan fingerprint density at radius 1 is 1.22 bits per heavy atom. The Morgan fingerprint density at radius 3 is 2.33 bits per heavy atom. The Balaban J connectivity index is 1.39. The average Bonchev–Trinajstić information content (AvgIpc) is 2.60. The van der Waals surface area contributed by atoms with Crippen LogP contribution in [0.2, 0.25) is 0 Å². The molecule has 5 aliphatic carbocycles. The van der Waals surface area contributed by atoms with Crippen LogP contribution in [0.1, 0.15) is 78.1 Å². The molecule has 0 radical (unpaired) electrons. The Morgan fingerprint density at radius 2 is 1.85 bits per heavy atom. The van der Waals surface area contributed by atoms with Gasteiger partial charge in [0, 0.05) is 18.6 Å². The maximum absolute atomic E-state index is 13.2. The highest BCUT2D eigenvalue weighted by Crippen LogP contribution is 2.55. The van der Waals surface area contributed by atoms with Crippen molar-refractivity contribution in [1.82, 2.24) is 10.2 Å². The van der Waals surface area contributed by atoms with Gasteiger partial charge in [0.2, 0.25) is 0 Å². The highest BCUT2D eigenvalue weighted by Gasteiger charge is 2.51. The molecule has 4 fully saturated rings. The molecule has 0 aromatic carbocycles.